The number of ether oxygens (including phenoxy) is 1. The number of nitrogens with zero attached hydrogens (tertiary/aromatic N) is 3. The van der Waals surface area contributed by atoms with Gasteiger partial charge in [0.1, 0.15) is 17.5 Å². The van der Waals surface area contributed by atoms with Crippen LogP contribution < -0.4 is 10.2 Å². The molecular weight excluding hydrogens is 324 g/mol. The Morgan fingerprint density at radius 1 is 1.48 bits per heavy atom. The summed E-state index contributed by atoms with van der Waals surface area (Å²) in [6.07, 6.45) is 4.11. The van der Waals surface area contributed by atoms with Crippen molar-refractivity contribution in [1.29, 1.82) is 0 Å². The Labute approximate surface area is 147 Å². The first-order chi connectivity index (χ1) is 11.7. The lowest BCUT2D eigenvalue weighted by atomic mass is 9.91. The van der Waals surface area contributed by atoms with Crippen molar-refractivity contribution in [1.82, 2.24) is 10.3 Å². The molecule has 2 atom stereocenters. The Balaban J connectivity index is 2.15. The van der Waals surface area contributed by atoms with Crippen LogP contribution in [0.25, 0.3) is 0 Å². The summed E-state index contributed by atoms with van der Waals surface area (Å²) in [5.41, 5.74) is -0.0450. The number of carbonyl (C=O) groups is 1. The summed E-state index contributed by atoms with van der Waals surface area (Å²) < 4.78 is 5.33. The number of piperidine rings is 1. The van der Waals surface area contributed by atoms with Crippen molar-refractivity contribution in [3.8, 4) is 0 Å². The van der Waals surface area contributed by atoms with Gasteiger partial charge in [0.2, 0.25) is 0 Å². The highest BCUT2D eigenvalue weighted by Crippen LogP contribution is 2.31. The van der Waals surface area contributed by atoms with Gasteiger partial charge in [0.15, 0.2) is 0 Å². The molecule has 0 spiro atoms. The Bertz CT molecular complexity index is 629. The molecule has 8 nitrogen and oxygen atoms in total. The predicted molar refractivity (Wildman–Crippen MR) is 94.7 cm³/mol. The van der Waals surface area contributed by atoms with Crippen molar-refractivity contribution < 1.29 is 14.5 Å². The van der Waals surface area contributed by atoms with Crippen LogP contribution in [0.5, 0.6) is 0 Å². The molecule has 0 saturated carbocycles. The van der Waals surface area contributed by atoms with Gasteiger partial charge in [-0.25, -0.2) is 4.79 Å². The minimum atomic E-state index is -0.563. The number of alkyl carbamates (subject to hydrolysis) is 1. The van der Waals surface area contributed by atoms with E-state index >= 15 is 0 Å². The van der Waals surface area contributed by atoms with Crippen molar-refractivity contribution in [3.05, 3.63) is 28.6 Å². The number of amides is 1. The van der Waals surface area contributed by atoms with Gasteiger partial charge in [-0.3, -0.25) is 15.1 Å². The summed E-state index contributed by atoms with van der Waals surface area (Å²) in [7, 11) is 0. The van der Waals surface area contributed by atoms with E-state index in [0.29, 0.717) is 24.7 Å². The molecule has 1 amide bonds. The number of anilines is 1. The standard InChI is InChI=1S/C17H26N4O4/c1-5-12-8-13(19-16(22)25-17(2,3)4)11-20(10-12)14-6-7-18-9-15(14)21(23)24/h6-7,9,12-13H,5,8,10-11H2,1-4H3,(H,19,22)/t12-,13+/m1/s1. The van der Waals surface area contributed by atoms with Gasteiger partial charge in [-0.2, -0.15) is 0 Å². The van der Waals surface area contributed by atoms with Crippen molar-refractivity contribution in [2.75, 3.05) is 18.0 Å². The molecule has 0 aliphatic carbocycles. The second-order valence-corrected chi connectivity index (χ2v) is 7.38. The molecule has 138 valence electrons. The van der Waals surface area contributed by atoms with E-state index in [4.69, 9.17) is 4.74 Å². The number of hydrogen-bond donors (Lipinski definition) is 1. The first kappa shape index (κ1) is 19.0. The largest absolute Gasteiger partial charge is 0.444 e. The molecule has 1 N–H and O–H groups in total. The molecule has 25 heavy (non-hydrogen) atoms. The fourth-order valence-corrected chi connectivity index (χ4v) is 3.06. The maximum absolute atomic E-state index is 12.1. The van der Waals surface area contributed by atoms with Gasteiger partial charge >= 0.3 is 11.8 Å². The van der Waals surface area contributed by atoms with Gasteiger partial charge < -0.3 is 15.0 Å². The molecule has 0 radical (unpaired) electrons. The van der Waals surface area contributed by atoms with Gasteiger partial charge in [-0.1, -0.05) is 13.3 Å². The smallest absolute Gasteiger partial charge is 0.407 e. The molecule has 0 unspecified atom stereocenters. The molecular formula is C17H26N4O4. The highest BCUT2D eigenvalue weighted by molar-refractivity contribution is 5.68. The van der Waals surface area contributed by atoms with Crippen molar-refractivity contribution in [2.24, 2.45) is 5.92 Å². The minimum Gasteiger partial charge on any atom is -0.444 e. The number of pyridine rings is 1. The molecule has 1 aliphatic rings. The zero-order chi connectivity index (χ0) is 18.6. The summed E-state index contributed by atoms with van der Waals surface area (Å²) in [5, 5.41) is 14.2. The fraction of sp³-hybridized carbons (Fsp3) is 0.647. The zero-order valence-corrected chi connectivity index (χ0v) is 15.2. The van der Waals surface area contributed by atoms with E-state index in [1.165, 1.54) is 6.20 Å². The van der Waals surface area contributed by atoms with Crippen molar-refractivity contribution in [3.63, 3.8) is 0 Å². The lowest BCUT2D eigenvalue weighted by Gasteiger charge is -2.39. The second kappa shape index (κ2) is 7.67. The lowest BCUT2D eigenvalue weighted by Crippen LogP contribution is -2.51. The topological polar surface area (TPSA) is 97.6 Å². The van der Waals surface area contributed by atoms with Crippen LogP contribution in [-0.2, 0) is 4.74 Å². The van der Waals surface area contributed by atoms with Crippen LogP contribution in [0.1, 0.15) is 40.5 Å². The highest BCUT2D eigenvalue weighted by Gasteiger charge is 2.31. The zero-order valence-electron chi connectivity index (χ0n) is 15.2. The maximum Gasteiger partial charge on any atom is 0.407 e. The number of hydrogen-bond acceptors (Lipinski definition) is 6. The van der Waals surface area contributed by atoms with E-state index in [1.807, 2.05) is 25.7 Å². The molecule has 2 rings (SSSR count). The monoisotopic (exact) mass is 350 g/mol. The van der Waals surface area contributed by atoms with Crippen LogP contribution in [0, 0.1) is 16.0 Å². The van der Waals surface area contributed by atoms with Gasteiger partial charge in [-0.15, -0.1) is 0 Å². The Kier molecular flexibility index (Phi) is 5.81. The quantitative estimate of drug-likeness (QED) is 0.662. The van der Waals surface area contributed by atoms with Crippen LogP contribution in [0.4, 0.5) is 16.2 Å². The molecule has 2 heterocycles. The van der Waals surface area contributed by atoms with Crippen molar-refractivity contribution >= 4 is 17.5 Å². The Hall–Kier alpha value is -2.38. The number of nitro groups is 1. The Morgan fingerprint density at radius 2 is 2.20 bits per heavy atom. The average Bonchev–Trinajstić information content (AvgIpc) is 2.52. The predicted octanol–water partition coefficient (Wildman–Crippen LogP) is 3.12. The minimum absolute atomic E-state index is 0.0183. The summed E-state index contributed by atoms with van der Waals surface area (Å²) in [6.45, 7) is 8.74. The van der Waals surface area contributed by atoms with E-state index in [0.717, 1.165) is 12.8 Å². The first-order valence-electron chi connectivity index (χ1n) is 8.52. The fourth-order valence-electron chi connectivity index (χ4n) is 3.06. The molecule has 1 fully saturated rings. The third-order valence-corrected chi connectivity index (χ3v) is 4.15. The van der Waals surface area contributed by atoms with Gasteiger partial charge in [-0.05, 0) is 39.2 Å². The average molecular weight is 350 g/mol. The molecule has 1 aromatic rings. The number of carbonyl (C=O) groups excluding carboxylic acids is 1. The van der Waals surface area contributed by atoms with E-state index < -0.39 is 16.6 Å². The molecule has 1 saturated heterocycles. The number of rotatable bonds is 4. The third-order valence-electron chi connectivity index (χ3n) is 4.15. The first-order valence-corrected chi connectivity index (χ1v) is 8.52. The summed E-state index contributed by atoms with van der Waals surface area (Å²) in [5.74, 6) is 0.335. The summed E-state index contributed by atoms with van der Waals surface area (Å²) >= 11 is 0. The summed E-state index contributed by atoms with van der Waals surface area (Å²) in [4.78, 5) is 28.7. The number of aromatic nitrogens is 1. The van der Waals surface area contributed by atoms with E-state index in [9.17, 15) is 14.9 Å². The van der Waals surface area contributed by atoms with Gasteiger partial charge in [0.05, 0.1) is 11.0 Å². The normalized spacial score (nSPS) is 20.9. The van der Waals surface area contributed by atoms with E-state index in [2.05, 4.69) is 17.2 Å². The van der Waals surface area contributed by atoms with E-state index in [-0.39, 0.29) is 11.7 Å². The molecule has 8 heteroatoms. The molecule has 1 aliphatic heterocycles. The van der Waals surface area contributed by atoms with Gasteiger partial charge in [0.25, 0.3) is 0 Å². The van der Waals surface area contributed by atoms with Crippen LogP contribution in [0.15, 0.2) is 18.5 Å². The molecule has 0 aromatic carbocycles. The molecule has 1 aromatic heterocycles. The summed E-state index contributed by atoms with van der Waals surface area (Å²) in [6, 6.07) is 1.53. The van der Waals surface area contributed by atoms with Gasteiger partial charge in [0, 0.05) is 19.3 Å². The third kappa shape index (κ3) is 5.30. The van der Waals surface area contributed by atoms with Crippen LogP contribution >= 0.6 is 0 Å². The second-order valence-electron chi connectivity index (χ2n) is 7.38. The molecule has 0 bridgehead atoms. The van der Waals surface area contributed by atoms with Crippen LogP contribution in [0.3, 0.4) is 0 Å². The SMILES string of the molecule is CC[C@@H]1C[C@H](NC(=O)OC(C)(C)C)CN(c2ccncc2[N+](=O)[O-])C1. The van der Waals surface area contributed by atoms with Crippen LogP contribution in [0.2, 0.25) is 0 Å². The van der Waals surface area contributed by atoms with E-state index in [1.54, 1.807) is 12.3 Å². The number of nitrogens with one attached hydrogen (secondary N) is 1. The maximum atomic E-state index is 12.1. The van der Waals surface area contributed by atoms with Crippen LogP contribution in [-0.4, -0.2) is 40.7 Å². The van der Waals surface area contributed by atoms with Crippen molar-refractivity contribution in [2.45, 2.75) is 52.2 Å². The lowest BCUT2D eigenvalue weighted by molar-refractivity contribution is -0.384. The Morgan fingerprint density at radius 3 is 2.80 bits per heavy atom. The highest BCUT2D eigenvalue weighted by atomic mass is 16.6.